The molecule has 1 saturated heterocycles. The quantitative estimate of drug-likeness (QED) is 0.797. The minimum absolute atomic E-state index is 0.371. The van der Waals surface area contributed by atoms with E-state index in [1.165, 1.54) is 5.56 Å². The molecular formula is C11H20N4. The standard InChI is InChI=1S/C11H20N4/c1-2-4-15-8-10(6-13-15)7-14-5-3-11(12)9-14/h6,8,11H,2-5,7,9,12H2,1H3/t11-/m1/s1. The lowest BCUT2D eigenvalue weighted by Crippen LogP contribution is -2.26. The summed E-state index contributed by atoms with van der Waals surface area (Å²) in [7, 11) is 0. The smallest absolute Gasteiger partial charge is 0.0534 e. The lowest BCUT2D eigenvalue weighted by molar-refractivity contribution is 0.327. The molecule has 1 fully saturated rings. The van der Waals surface area contributed by atoms with Crippen LogP contribution in [0.5, 0.6) is 0 Å². The number of hydrogen-bond acceptors (Lipinski definition) is 3. The Bertz CT molecular complexity index is 307. The molecule has 0 aromatic carbocycles. The molecule has 0 unspecified atom stereocenters. The van der Waals surface area contributed by atoms with Gasteiger partial charge in [-0.1, -0.05) is 6.92 Å². The number of nitrogens with zero attached hydrogens (tertiary/aromatic N) is 3. The molecule has 4 heteroatoms. The molecule has 2 rings (SSSR count). The Labute approximate surface area is 91.1 Å². The molecule has 0 spiro atoms. The van der Waals surface area contributed by atoms with E-state index in [2.05, 4.69) is 23.1 Å². The maximum Gasteiger partial charge on any atom is 0.0534 e. The van der Waals surface area contributed by atoms with Gasteiger partial charge in [-0.05, 0) is 12.8 Å². The molecule has 0 aliphatic carbocycles. The minimum Gasteiger partial charge on any atom is -0.326 e. The number of aryl methyl sites for hydroxylation is 1. The molecule has 1 aliphatic heterocycles. The second-order valence-electron chi connectivity index (χ2n) is 4.40. The molecule has 4 nitrogen and oxygen atoms in total. The molecule has 15 heavy (non-hydrogen) atoms. The first-order valence-electron chi connectivity index (χ1n) is 5.77. The SMILES string of the molecule is CCCn1cc(CN2CC[C@@H](N)C2)cn1. The normalized spacial score (nSPS) is 22.4. The predicted molar refractivity (Wildman–Crippen MR) is 60.4 cm³/mol. The van der Waals surface area contributed by atoms with Crippen molar-refractivity contribution in [2.75, 3.05) is 13.1 Å². The number of aromatic nitrogens is 2. The molecule has 0 saturated carbocycles. The zero-order valence-corrected chi connectivity index (χ0v) is 9.39. The van der Waals surface area contributed by atoms with Gasteiger partial charge in [0.2, 0.25) is 0 Å². The van der Waals surface area contributed by atoms with Gasteiger partial charge >= 0.3 is 0 Å². The lowest BCUT2D eigenvalue weighted by atomic mass is 10.3. The van der Waals surface area contributed by atoms with Crippen molar-refractivity contribution in [3.8, 4) is 0 Å². The highest BCUT2D eigenvalue weighted by atomic mass is 15.3. The maximum absolute atomic E-state index is 5.87. The topological polar surface area (TPSA) is 47.1 Å². The molecule has 1 aromatic rings. The second kappa shape index (κ2) is 4.77. The van der Waals surface area contributed by atoms with Gasteiger partial charge in [0.25, 0.3) is 0 Å². The van der Waals surface area contributed by atoms with Gasteiger partial charge in [0.1, 0.15) is 0 Å². The molecule has 2 N–H and O–H groups in total. The first-order chi connectivity index (χ1) is 7.28. The molecular weight excluding hydrogens is 188 g/mol. The Morgan fingerprint density at radius 1 is 1.60 bits per heavy atom. The van der Waals surface area contributed by atoms with Crippen LogP contribution in [0.4, 0.5) is 0 Å². The first kappa shape index (κ1) is 10.6. The van der Waals surface area contributed by atoms with E-state index >= 15 is 0 Å². The minimum atomic E-state index is 0.371. The van der Waals surface area contributed by atoms with Crippen LogP contribution in [0, 0.1) is 0 Å². The summed E-state index contributed by atoms with van der Waals surface area (Å²) >= 11 is 0. The van der Waals surface area contributed by atoms with Crippen LogP contribution in [0.2, 0.25) is 0 Å². The Kier molecular flexibility index (Phi) is 3.38. The highest BCUT2D eigenvalue weighted by Gasteiger charge is 2.19. The summed E-state index contributed by atoms with van der Waals surface area (Å²) in [5, 5.41) is 4.33. The van der Waals surface area contributed by atoms with Crippen molar-refractivity contribution in [1.29, 1.82) is 0 Å². The van der Waals surface area contributed by atoms with Crippen LogP contribution in [-0.4, -0.2) is 33.8 Å². The lowest BCUT2D eigenvalue weighted by Gasteiger charge is -2.13. The summed E-state index contributed by atoms with van der Waals surface area (Å²) in [5.74, 6) is 0. The van der Waals surface area contributed by atoms with E-state index in [1.54, 1.807) is 0 Å². The molecule has 2 heterocycles. The van der Waals surface area contributed by atoms with Gasteiger partial charge in [0.05, 0.1) is 6.20 Å². The zero-order valence-electron chi connectivity index (χ0n) is 9.39. The van der Waals surface area contributed by atoms with Crippen molar-refractivity contribution in [2.45, 2.75) is 38.9 Å². The van der Waals surface area contributed by atoms with Gasteiger partial charge in [0, 0.05) is 44.0 Å². The van der Waals surface area contributed by atoms with E-state index in [9.17, 15) is 0 Å². The van der Waals surface area contributed by atoms with Crippen LogP contribution >= 0.6 is 0 Å². The molecule has 0 radical (unpaired) electrons. The maximum atomic E-state index is 5.87. The van der Waals surface area contributed by atoms with Gasteiger partial charge in [-0.25, -0.2) is 0 Å². The van der Waals surface area contributed by atoms with Crippen LogP contribution in [0.3, 0.4) is 0 Å². The fourth-order valence-corrected chi connectivity index (χ4v) is 2.10. The van der Waals surface area contributed by atoms with Gasteiger partial charge < -0.3 is 5.73 Å². The van der Waals surface area contributed by atoms with Gasteiger partial charge in [-0.2, -0.15) is 5.10 Å². The van der Waals surface area contributed by atoms with Crippen molar-refractivity contribution in [3.05, 3.63) is 18.0 Å². The van der Waals surface area contributed by atoms with Crippen LogP contribution in [0.25, 0.3) is 0 Å². The highest BCUT2D eigenvalue weighted by Crippen LogP contribution is 2.11. The van der Waals surface area contributed by atoms with Gasteiger partial charge in [0.15, 0.2) is 0 Å². The molecule has 0 amide bonds. The van der Waals surface area contributed by atoms with Crippen molar-refractivity contribution in [1.82, 2.24) is 14.7 Å². The average Bonchev–Trinajstić information content (AvgIpc) is 2.78. The highest BCUT2D eigenvalue weighted by molar-refractivity contribution is 5.04. The summed E-state index contributed by atoms with van der Waals surface area (Å²) in [6.07, 6.45) is 6.38. The molecule has 1 aliphatic rings. The van der Waals surface area contributed by atoms with E-state index in [0.717, 1.165) is 39.0 Å². The predicted octanol–water partition coefficient (Wildman–Crippen LogP) is 0.826. The molecule has 84 valence electrons. The second-order valence-corrected chi connectivity index (χ2v) is 4.40. The van der Waals surface area contributed by atoms with E-state index in [1.807, 2.05) is 10.9 Å². The zero-order chi connectivity index (χ0) is 10.7. The Morgan fingerprint density at radius 3 is 3.13 bits per heavy atom. The third kappa shape index (κ3) is 2.79. The van der Waals surface area contributed by atoms with Crippen molar-refractivity contribution in [2.24, 2.45) is 5.73 Å². The van der Waals surface area contributed by atoms with Crippen LogP contribution < -0.4 is 5.73 Å². The Balaban J connectivity index is 1.87. The van der Waals surface area contributed by atoms with Crippen LogP contribution in [0.15, 0.2) is 12.4 Å². The number of hydrogen-bond donors (Lipinski definition) is 1. The fourth-order valence-electron chi connectivity index (χ4n) is 2.10. The first-order valence-corrected chi connectivity index (χ1v) is 5.77. The van der Waals surface area contributed by atoms with Crippen LogP contribution in [0.1, 0.15) is 25.3 Å². The third-order valence-corrected chi connectivity index (χ3v) is 2.85. The van der Waals surface area contributed by atoms with E-state index in [-0.39, 0.29) is 0 Å². The summed E-state index contributed by atoms with van der Waals surface area (Å²) in [6, 6.07) is 0.371. The van der Waals surface area contributed by atoms with E-state index in [0.29, 0.717) is 6.04 Å². The molecule has 1 aromatic heterocycles. The van der Waals surface area contributed by atoms with Gasteiger partial charge in [-0.3, -0.25) is 9.58 Å². The summed E-state index contributed by atoms with van der Waals surface area (Å²) in [6.45, 7) is 6.33. The van der Waals surface area contributed by atoms with E-state index < -0.39 is 0 Å². The average molecular weight is 208 g/mol. The third-order valence-electron chi connectivity index (χ3n) is 2.85. The van der Waals surface area contributed by atoms with E-state index in [4.69, 9.17) is 5.73 Å². The number of likely N-dealkylation sites (tertiary alicyclic amines) is 1. The number of rotatable bonds is 4. The fraction of sp³-hybridized carbons (Fsp3) is 0.727. The summed E-state index contributed by atoms with van der Waals surface area (Å²) in [5.41, 5.74) is 7.17. The number of nitrogens with two attached hydrogens (primary N) is 1. The summed E-state index contributed by atoms with van der Waals surface area (Å²) < 4.78 is 2.02. The van der Waals surface area contributed by atoms with Crippen molar-refractivity contribution < 1.29 is 0 Å². The largest absolute Gasteiger partial charge is 0.326 e. The summed E-state index contributed by atoms with van der Waals surface area (Å²) in [4.78, 5) is 2.40. The van der Waals surface area contributed by atoms with Crippen molar-refractivity contribution in [3.63, 3.8) is 0 Å². The van der Waals surface area contributed by atoms with Crippen LogP contribution in [-0.2, 0) is 13.1 Å². The Morgan fingerprint density at radius 2 is 2.47 bits per heavy atom. The molecule has 0 bridgehead atoms. The Hall–Kier alpha value is -0.870. The monoisotopic (exact) mass is 208 g/mol. The van der Waals surface area contributed by atoms with Gasteiger partial charge in [-0.15, -0.1) is 0 Å². The molecule has 1 atom stereocenters. The van der Waals surface area contributed by atoms with Crippen molar-refractivity contribution >= 4 is 0 Å².